The lowest BCUT2D eigenvalue weighted by Crippen LogP contribution is -2.34. The summed E-state index contributed by atoms with van der Waals surface area (Å²) in [4.78, 5) is 0. The Bertz CT molecular complexity index is 410. The molecular formula is C14H20BrCl2NO. The average molecular weight is 369 g/mol. The second kappa shape index (κ2) is 7.84. The Labute approximate surface area is 134 Å². The van der Waals surface area contributed by atoms with E-state index in [9.17, 15) is 5.11 Å². The van der Waals surface area contributed by atoms with Crippen LogP contribution in [0.2, 0.25) is 5.02 Å². The molecule has 19 heavy (non-hydrogen) atoms. The van der Waals surface area contributed by atoms with E-state index in [1.807, 2.05) is 18.2 Å². The summed E-state index contributed by atoms with van der Waals surface area (Å²) in [5.41, 5.74) is 7.11. The molecule has 0 aliphatic heterocycles. The quantitative estimate of drug-likeness (QED) is 0.826. The Hall–Kier alpha value is 0.200. The summed E-state index contributed by atoms with van der Waals surface area (Å²) >= 11 is 9.35. The molecule has 1 aliphatic rings. The molecule has 0 saturated heterocycles. The summed E-state index contributed by atoms with van der Waals surface area (Å²) in [6, 6.07) is 5.28. The van der Waals surface area contributed by atoms with Crippen LogP contribution in [0.25, 0.3) is 0 Å². The van der Waals surface area contributed by atoms with Gasteiger partial charge in [-0.3, -0.25) is 0 Å². The maximum Gasteiger partial charge on any atom is 0.0760 e. The fourth-order valence-corrected chi connectivity index (χ4v) is 3.20. The van der Waals surface area contributed by atoms with Crippen molar-refractivity contribution in [1.82, 2.24) is 0 Å². The van der Waals surface area contributed by atoms with Gasteiger partial charge < -0.3 is 10.8 Å². The summed E-state index contributed by atoms with van der Waals surface area (Å²) in [6.07, 6.45) is 5.41. The maximum atomic E-state index is 10.4. The molecular weight excluding hydrogens is 349 g/mol. The molecule has 1 aromatic carbocycles. The Morgan fingerprint density at radius 2 is 1.89 bits per heavy atom. The Balaban J connectivity index is 0.00000180. The fourth-order valence-electron chi connectivity index (χ4n) is 2.69. The number of aliphatic hydroxyl groups is 1. The highest BCUT2D eigenvalue weighted by Crippen LogP contribution is 2.33. The first-order valence-electron chi connectivity index (χ1n) is 6.48. The monoisotopic (exact) mass is 367 g/mol. The van der Waals surface area contributed by atoms with Crippen LogP contribution in [0.3, 0.4) is 0 Å². The molecule has 0 amide bonds. The summed E-state index contributed by atoms with van der Waals surface area (Å²) in [5.74, 6) is 0.336. The summed E-state index contributed by atoms with van der Waals surface area (Å²) < 4.78 is 0.827. The summed E-state index contributed by atoms with van der Waals surface area (Å²) in [6.45, 7) is 0. The Morgan fingerprint density at radius 3 is 2.47 bits per heavy atom. The first-order valence-corrected chi connectivity index (χ1v) is 7.65. The zero-order valence-corrected chi connectivity index (χ0v) is 13.8. The first kappa shape index (κ1) is 17.3. The van der Waals surface area contributed by atoms with Crippen molar-refractivity contribution in [3.63, 3.8) is 0 Å². The molecule has 0 bridgehead atoms. The van der Waals surface area contributed by atoms with E-state index in [0.29, 0.717) is 10.9 Å². The van der Waals surface area contributed by atoms with Crippen molar-refractivity contribution in [2.24, 2.45) is 11.7 Å². The zero-order chi connectivity index (χ0) is 13.1. The number of rotatable bonds is 3. The van der Waals surface area contributed by atoms with Gasteiger partial charge in [-0.25, -0.2) is 0 Å². The number of aliphatic hydroxyl groups excluding tert-OH is 1. The molecule has 1 aromatic rings. The van der Waals surface area contributed by atoms with E-state index >= 15 is 0 Å². The molecule has 5 heteroatoms. The van der Waals surface area contributed by atoms with Crippen LogP contribution in [0.15, 0.2) is 22.7 Å². The van der Waals surface area contributed by atoms with E-state index in [1.165, 1.54) is 19.3 Å². The molecule has 0 aromatic heterocycles. The Kier molecular flexibility index (Phi) is 7.12. The highest BCUT2D eigenvalue weighted by Gasteiger charge is 2.27. The fraction of sp³-hybridized carbons (Fsp3) is 0.571. The summed E-state index contributed by atoms with van der Waals surface area (Å²) in [7, 11) is 0. The minimum absolute atomic E-state index is 0. The van der Waals surface area contributed by atoms with E-state index in [1.54, 1.807) is 0 Å². The molecule has 1 fully saturated rings. The normalized spacial score (nSPS) is 19.6. The lowest BCUT2D eigenvalue weighted by Gasteiger charge is -2.30. The topological polar surface area (TPSA) is 46.2 Å². The van der Waals surface area contributed by atoms with Crippen molar-refractivity contribution >= 4 is 39.9 Å². The van der Waals surface area contributed by atoms with Gasteiger partial charge >= 0.3 is 0 Å². The lowest BCUT2D eigenvalue weighted by atomic mass is 9.81. The molecule has 0 radical (unpaired) electrons. The van der Waals surface area contributed by atoms with Gasteiger partial charge in [0.15, 0.2) is 0 Å². The summed E-state index contributed by atoms with van der Waals surface area (Å²) in [5, 5.41) is 11.0. The molecule has 2 nitrogen and oxygen atoms in total. The van der Waals surface area contributed by atoms with Crippen LogP contribution < -0.4 is 5.73 Å². The zero-order valence-electron chi connectivity index (χ0n) is 10.7. The minimum atomic E-state index is -0.460. The van der Waals surface area contributed by atoms with Crippen molar-refractivity contribution in [2.45, 2.75) is 44.2 Å². The van der Waals surface area contributed by atoms with Crippen LogP contribution in [0.4, 0.5) is 0 Å². The van der Waals surface area contributed by atoms with Gasteiger partial charge in [0.25, 0.3) is 0 Å². The predicted molar refractivity (Wildman–Crippen MR) is 85.9 cm³/mol. The van der Waals surface area contributed by atoms with Crippen LogP contribution in [0.5, 0.6) is 0 Å². The van der Waals surface area contributed by atoms with Crippen LogP contribution in [-0.2, 0) is 0 Å². The van der Waals surface area contributed by atoms with E-state index in [2.05, 4.69) is 15.9 Å². The van der Waals surface area contributed by atoms with Gasteiger partial charge in [0.1, 0.15) is 0 Å². The minimum Gasteiger partial charge on any atom is -0.391 e. The van der Waals surface area contributed by atoms with Crippen molar-refractivity contribution in [3.8, 4) is 0 Å². The largest absolute Gasteiger partial charge is 0.391 e. The smallest absolute Gasteiger partial charge is 0.0760 e. The molecule has 0 spiro atoms. The molecule has 3 N–H and O–H groups in total. The van der Waals surface area contributed by atoms with Crippen LogP contribution in [-0.4, -0.2) is 11.2 Å². The van der Waals surface area contributed by atoms with Crippen molar-refractivity contribution in [3.05, 3.63) is 33.3 Å². The molecule has 0 unspecified atom stereocenters. The van der Waals surface area contributed by atoms with E-state index in [0.717, 1.165) is 22.9 Å². The highest BCUT2D eigenvalue weighted by molar-refractivity contribution is 9.10. The molecule has 0 heterocycles. The lowest BCUT2D eigenvalue weighted by molar-refractivity contribution is 0.0618. The van der Waals surface area contributed by atoms with Crippen LogP contribution >= 0.6 is 39.9 Å². The van der Waals surface area contributed by atoms with E-state index in [4.69, 9.17) is 17.3 Å². The number of hydrogen-bond donors (Lipinski definition) is 2. The van der Waals surface area contributed by atoms with Gasteiger partial charge in [-0.05, 0) is 52.4 Å². The second-order valence-corrected chi connectivity index (χ2v) is 6.35. The molecule has 2 rings (SSSR count). The van der Waals surface area contributed by atoms with Crippen molar-refractivity contribution in [2.75, 3.05) is 0 Å². The number of nitrogens with two attached hydrogens (primary N) is 1. The van der Waals surface area contributed by atoms with Gasteiger partial charge in [-0.15, -0.1) is 12.4 Å². The SMILES string of the molecule is Cl.N[C@@H](c1ccc(Cl)c(Br)c1)[C@H](O)C1CCCCC1. The van der Waals surface area contributed by atoms with E-state index in [-0.39, 0.29) is 18.4 Å². The third kappa shape index (κ3) is 4.33. The van der Waals surface area contributed by atoms with Crippen LogP contribution in [0.1, 0.15) is 43.7 Å². The third-order valence-corrected chi connectivity index (χ3v) is 5.04. The van der Waals surface area contributed by atoms with Gasteiger partial charge in [0.05, 0.1) is 17.2 Å². The average Bonchev–Trinajstić information content (AvgIpc) is 2.41. The molecule has 1 aliphatic carbocycles. The third-order valence-electron chi connectivity index (χ3n) is 3.83. The molecule has 108 valence electrons. The van der Waals surface area contributed by atoms with Gasteiger partial charge in [-0.1, -0.05) is 36.9 Å². The number of hydrogen-bond acceptors (Lipinski definition) is 2. The van der Waals surface area contributed by atoms with Gasteiger partial charge in [0.2, 0.25) is 0 Å². The first-order chi connectivity index (χ1) is 8.59. The van der Waals surface area contributed by atoms with Gasteiger partial charge in [0, 0.05) is 4.47 Å². The second-order valence-electron chi connectivity index (χ2n) is 5.09. The standard InChI is InChI=1S/C14H19BrClNO.ClH/c15-11-8-10(6-7-12(11)16)13(17)14(18)9-4-2-1-3-5-9;/h6-9,13-14,18H,1-5,17H2;1H/t13-,14+;/m0./s1. The highest BCUT2D eigenvalue weighted by atomic mass is 79.9. The van der Waals surface area contributed by atoms with E-state index < -0.39 is 6.10 Å². The van der Waals surface area contributed by atoms with Gasteiger partial charge in [-0.2, -0.15) is 0 Å². The Morgan fingerprint density at radius 1 is 1.26 bits per heavy atom. The van der Waals surface area contributed by atoms with Crippen molar-refractivity contribution in [1.29, 1.82) is 0 Å². The molecule has 2 atom stereocenters. The van der Waals surface area contributed by atoms with Crippen molar-refractivity contribution < 1.29 is 5.11 Å². The number of halogens is 3. The molecule has 1 saturated carbocycles. The number of benzene rings is 1. The predicted octanol–water partition coefficient (Wildman–Crippen LogP) is 4.47. The maximum absolute atomic E-state index is 10.4. The van der Waals surface area contributed by atoms with Crippen LogP contribution in [0, 0.1) is 5.92 Å².